The Morgan fingerprint density at radius 3 is 2.76 bits per heavy atom. The van der Waals surface area contributed by atoms with E-state index < -0.39 is 0 Å². The number of aryl methyl sites for hydroxylation is 3. The SMILES string of the molecule is Cc1cc(C(=O)Nc2nc(-c3c(C)[nH]c4ccccc34)cs2)c(C)s1. The van der Waals surface area contributed by atoms with Crippen LogP contribution in [0.3, 0.4) is 0 Å². The van der Waals surface area contributed by atoms with Crippen molar-refractivity contribution in [3.05, 3.63) is 56.7 Å². The van der Waals surface area contributed by atoms with E-state index in [1.165, 1.54) is 11.3 Å². The Balaban J connectivity index is 1.65. The summed E-state index contributed by atoms with van der Waals surface area (Å²) in [5.74, 6) is -0.0987. The molecular formula is C19H17N3OS2. The molecule has 126 valence electrons. The van der Waals surface area contributed by atoms with E-state index in [1.807, 2.05) is 44.4 Å². The predicted octanol–water partition coefficient (Wildman–Crippen LogP) is 5.53. The summed E-state index contributed by atoms with van der Waals surface area (Å²) in [6.45, 7) is 6.02. The Hall–Kier alpha value is -2.44. The molecule has 1 amide bonds. The van der Waals surface area contributed by atoms with Gasteiger partial charge in [0, 0.05) is 37.3 Å². The van der Waals surface area contributed by atoms with E-state index in [2.05, 4.69) is 27.4 Å². The summed E-state index contributed by atoms with van der Waals surface area (Å²) in [5.41, 5.74) is 4.87. The van der Waals surface area contributed by atoms with Gasteiger partial charge in [0.05, 0.1) is 11.3 Å². The monoisotopic (exact) mass is 367 g/mol. The molecule has 0 bridgehead atoms. The number of hydrogen-bond acceptors (Lipinski definition) is 4. The Morgan fingerprint density at radius 2 is 2.00 bits per heavy atom. The summed E-state index contributed by atoms with van der Waals surface area (Å²) in [5, 5.41) is 6.68. The molecule has 0 fully saturated rings. The van der Waals surface area contributed by atoms with Crippen molar-refractivity contribution in [1.82, 2.24) is 9.97 Å². The standard InChI is InChI=1S/C19H17N3OS2/c1-10-8-14(12(3)25-10)18(23)22-19-21-16(9-24-19)17-11(2)20-15-7-5-4-6-13(15)17/h4-9,20H,1-3H3,(H,21,22,23). The molecule has 3 aromatic heterocycles. The number of thiazole rings is 1. The molecule has 0 aliphatic rings. The van der Waals surface area contributed by atoms with Crippen LogP contribution in [0.4, 0.5) is 5.13 Å². The molecule has 4 rings (SSSR count). The molecule has 4 aromatic rings. The van der Waals surface area contributed by atoms with E-state index in [9.17, 15) is 4.79 Å². The van der Waals surface area contributed by atoms with Gasteiger partial charge in [-0.25, -0.2) is 4.98 Å². The van der Waals surface area contributed by atoms with E-state index in [4.69, 9.17) is 0 Å². The first-order valence-electron chi connectivity index (χ1n) is 7.94. The number of nitrogens with zero attached hydrogens (tertiary/aromatic N) is 1. The lowest BCUT2D eigenvalue weighted by Crippen LogP contribution is -2.11. The van der Waals surface area contributed by atoms with E-state index >= 15 is 0 Å². The van der Waals surface area contributed by atoms with Crippen LogP contribution in [0.25, 0.3) is 22.2 Å². The molecule has 0 radical (unpaired) electrons. The molecule has 0 spiro atoms. The molecule has 25 heavy (non-hydrogen) atoms. The average Bonchev–Trinajstić information content (AvgIpc) is 3.23. The maximum absolute atomic E-state index is 12.5. The van der Waals surface area contributed by atoms with E-state index in [0.29, 0.717) is 5.13 Å². The topological polar surface area (TPSA) is 57.8 Å². The first-order valence-corrected chi connectivity index (χ1v) is 9.64. The van der Waals surface area contributed by atoms with Crippen molar-refractivity contribution in [2.75, 3.05) is 5.32 Å². The summed E-state index contributed by atoms with van der Waals surface area (Å²) in [6.07, 6.45) is 0. The molecule has 4 nitrogen and oxygen atoms in total. The third-order valence-electron chi connectivity index (χ3n) is 4.16. The zero-order valence-corrected chi connectivity index (χ0v) is 15.8. The van der Waals surface area contributed by atoms with Crippen LogP contribution in [-0.2, 0) is 0 Å². The third kappa shape index (κ3) is 2.88. The average molecular weight is 367 g/mol. The Morgan fingerprint density at radius 1 is 1.20 bits per heavy atom. The van der Waals surface area contributed by atoms with E-state index in [0.717, 1.165) is 43.2 Å². The van der Waals surface area contributed by atoms with Crippen molar-refractivity contribution in [2.45, 2.75) is 20.8 Å². The maximum atomic E-state index is 12.5. The smallest absolute Gasteiger partial charge is 0.258 e. The van der Waals surface area contributed by atoms with Gasteiger partial charge in [-0.15, -0.1) is 22.7 Å². The lowest BCUT2D eigenvalue weighted by Gasteiger charge is -2.00. The number of aromatic amines is 1. The van der Waals surface area contributed by atoms with Crippen LogP contribution in [0.1, 0.15) is 25.8 Å². The number of hydrogen-bond donors (Lipinski definition) is 2. The molecule has 1 aromatic carbocycles. The summed E-state index contributed by atoms with van der Waals surface area (Å²) in [7, 11) is 0. The van der Waals surface area contributed by atoms with Crippen molar-refractivity contribution in [3.8, 4) is 11.3 Å². The second-order valence-electron chi connectivity index (χ2n) is 5.99. The van der Waals surface area contributed by atoms with Gasteiger partial charge in [-0.05, 0) is 32.9 Å². The van der Waals surface area contributed by atoms with Gasteiger partial charge in [-0.2, -0.15) is 0 Å². The maximum Gasteiger partial charge on any atom is 0.258 e. The van der Waals surface area contributed by atoms with Gasteiger partial charge in [0.1, 0.15) is 0 Å². The minimum atomic E-state index is -0.0987. The number of benzene rings is 1. The second-order valence-corrected chi connectivity index (χ2v) is 8.31. The van der Waals surface area contributed by atoms with Crippen molar-refractivity contribution < 1.29 is 4.79 Å². The Labute approximate surface area is 153 Å². The van der Waals surface area contributed by atoms with Crippen molar-refractivity contribution in [1.29, 1.82) is 0 Å². The summed E-state index contributed by atoms with van der Waals surface area (Å²) in [4.78, 5) is 22.7. The van der Waals surface area contributed by atoms with Crippen LogP contribution < -0.4 is 5.32 Å². The van der Waals surface area contributed by atoms with Crippen LogP contribution in [0.2, 0.25) is 0 Å². The quantitative estimate of drug-likeness (QED) is 0.500. The van der Waals surface area contributed by atoms with Crippen molar-refractivity contribution >= 4 is 44.6 Å². The molecule has 2 N–H and O–H groups in total. The van der Waals surface area contributed by atoms with Crippen molar-refractivity contribution in [3.63, 3.8) is 0 Å². The zero-order chi connectivity index (χ0) is 17.6. The molecule has 6 heteroatoms. The van der Waals surface area contributed by atoms with Crippen LogP contribution in [-0.4, -0.2) is 15.9 Å². The van der Waals surface area contributed by atoms with Crippen LogP contribution >= 0.6 is 22.7 Å². The predicted molar refractivity (Wildman–Crippen MR) is 106 cm³/mol. The highest BCUT2D eigenvalue weighted by atomic mass is 32.1. The minimum Gasteiger partial charge on any atom is -0.358 e. The molecule has 0 unspecified atom stereocenters. The number of aromatic nitrogens is 2. The number of fused-ring (bicyclic) bond motifs is 1. The van der Waals surface area contributed by atoms with Gasteiger partial charge < -0.3 is 4.98 Å². The number of rotatable bonds is 3. The molecular weight excluding hydrogens is 350 g/mol. The fourth-order valence-electron chi connectivity index (χ4n) is 3.07. The number of amides is 1. The number of anilines is 1. The lowest BCUT2D eigenvalue weighted by molar-refractivity contribution is 0.102. The molecule has 0 aliphatic carbocycles. The molecule has 0 aliphatic heterocycles. The first-order chi connectivity index (χ1) is 12.0. The fourth-order valence-corrected chi connectivity index (χ4v) is 4.69. The normalized spacial score (nSPS) is 11.2. The minimum absolute atomic E-state index is 0.0987. The number of para-hydroxylation sites is 1. The van der Waals surface area contributed by atoms with E-state index in [-0.39, 0.29) is 5.91 Å². The van der Waals surface area contributed by atoms with Gasteiger partial charge >= 0.3 is 0 Å². The fraction of sp³-hybridized carbons (Fsp3) is 0.158. The zero-order valence-electron chi connectivity index (χ0n) is 14.1. The number of H-pyrrole nitrogens is 1. The van der Waals surface area contributed by atoms with Gasteiger partial charge in [-0.1, -0.05) is 18.2 Å². The summed E-state index contributed by atoms with van der Waals surface area (Å²) in [6, 6.07) is 10.1. The van der Waals surface area contributed by atoms with Crippen LogP contribution in [0.5, 0.6) is 0 Å². The highest BCUT2D eigenvalue weighted by Crippen LogP contribution is 2.34. The summed E-state index contributed by atoms with van der Waals surface area (Å²) < 4.78 is 0. The number of carbonyl (C=O) groups excluding carboxylic acids is 1. The van der Waals surface area contributed by atoms with Gasteiger partial charge in [0.2, 0.25) is 0 Å². The van der Waals surface area contributed by atoms with Crippen molar-refractivity contribution in [2.24, 2.45) is 0 Å². The Bertz CT molecular complexity index is 1090. The first kappa shape index (κ1) is 16.1. The number of carbonyl (C=O) groups is 1. The number of nitrogens with one attached hydrogen (secondary N) is 2. The highest BCUT2D eigenvalue weighted by molar-refractivity contribution is 7.14. The van der Waals surface area contributed by atoms with Gasteiger partial charge in [0.25, 0.3) is 5.91 Å². The molecule has 0 atom stereocenters. The largest absolute Gasteiger partial charge is 0.358 e. The Kier molecular flexibility index (Phi) is 3.94. The van der Waals surface area contributed by atoms with Crippen LogP contribution in [0.15, 0.2) is 35.7 Å². The molecule has 3 heterocycles. The molecule has 0 saturated carbocycles. The van der Waals surface area contributed by atoms with Crippen LogP contribution in [0, 0.1) is 20.8 Å². The second kappa shape index (κ2) is 6.13. The van der Waals surface area contributed by atoms with Gasteiger partial charge in [0.15, 0.2) is 5.13 Å². The van der Waals surface area contributed by atoms with E-state index in [1.54, 1.807) is 11.3 Å². The lowest BCUT2D eigenvalue weighted by atomic mass is 10.1. The molecule has 0 saturated heterocycles. The van der Waals surface area contributed by atoms with Gasteiger partial charge in [-0.3, -0.25) is 10.1 Å². The summed E-state index contributed by atoms with van der Waals surface area (Å²) >= 11 is 3.08. The highest BCUT2D eigenvalue weighted by Gasteiger charge is 2.16. The number of thiophene rings is 1. The third-order valence-corrected chi connectivity index (χ3v) is 5.88.